The van der Waals surface area contributed by atoms with Gasteiger partial charge in [0.1, 0.15) is 11.8 Å². The highest BCUT2D eigenvalue weighted by atomic mass is 32.2. The molecule has 0 spiro atoms. The SMILES string of the molecule is Cc1cc(OCC(=O)O)ccc1NC(=O)C(C(C)C)N1CCCS1(=O)=O. The number of amides is 1. The molecule has 1 amide bonds. The second-order valence-corrected chi connectivity index (χ2v) is 8.66. The van der Waals surface area contributed by atoms with E-state index in [2.05, 4.69) is 5.32 Å². The van der Waals surface area contributed by atoms with E-state index >= 15 is 0 Å². The predicted octanol–water partition coefficient (Wildman–Crippen LogP) is 1.46. The number of carboxylic acid groups (broad SMARTS) is 1. The van der Waals surface area contributed by atoms with Gasteiger partial charge >= 0.3 is 5.97 Å². The van der Waals surface area contributed by atoms with Crippen molar-refractivity contribution in [2.75, 3.05) is 24.2 Å². The molecule has 0 bridgehead atoms. The van der Waals surface area contributed by atoms with E-state index in [1.807, 2.05) is 13.8 Å². The fraction of sp³-hybridized carbons (Fsp3) is 0.529. The van der Waals surface area contributed by atoms with Gasteiger partial charge in [0.05, 0.1) is 5.75 Å². The topological polar surface area (TPSA) is 113 Å². The number of anilines is 1. The lowest BCUT2D eigenvalue weighted by Gasteiger charge is -2.28. The van der Waals surface area contributed by atoms with E-state index in [9.17, 15) is 18.0 Å². The van der Waals surface area contributed by atoms with Crippen molar-refractivity contribution in [1.82, 2.24) is 4.31 Å². The predicted molar refractivity (Wildman–Crippen MR) is 96.7 cm³/mol. The maximum Gasteiger partial charge on any atom is 0.341 e. The summed E-state index contributed by atoms with van der Waals surface area (Å²) in [6.45, 7) is 5.27. The molecule has 1 atom stereocenters. The number of ether oxygens (including phenoxy) is 1. The Labute approximate surface area is 153 Å². The summed E-state index contributed by atoms with van der Waals surface area (Å²) < 4.78 is 30.8. The van der Waals surface area contributed by atoms with Crippen LogP contribution < -0.4 is 10.1 Å². The summed E-state index contributed by atoms with van der Waals surface area (Å²) in [5, 5.41) is 11.4. The highest BCUT2D eigenvalue weighted by Gasteiger charge is 2.40. The number of carbonyl (C=O) groups excluding carboxylic acids is 1. The first-order valence-corrected chi connectivity index (χ1v) is 9.98. The molecule has 0 aromatic heterocycles. The van der Waals surface area contributed by atoms with Gasteiger partial charge in [-0.25, -0.2) is 13.2 Å². The maximum atomic E-state index is 12.8. The van der Waals surface area contributed by atoms with Crippen LogP contribution in [0.2, 0.25) is 0 Å². The number of sulfonamides is 1. The van der Waals surface area contributed by atoms with Crippen molar-refractivity contribution in [3.05, 3.63) is 23.8 Å². The molecule has 1 aromatic carbocycles. The molecule has 2 N–H and O–H groups in total. The van der Waals surface area contributed by atoms with E-state index < -0.39 is 28.6 Å². The molecule has 0 aliphatic carbocycles. The van der Waals surface area contributed by atoms with Crippen LogP contribution >= 0.6 is 0 Å². The standard InChI is InChI=1S/C17H24N2O6S/c1-11(2)16(19-7-4-8-26(19,23)24)17(22)18-14-6-5-13(9-12(14)3)25-10-15(20)21/h5-6,9,11,16H,4,7-8,10H2,1-3H3,(H,18,22)(H,20,21). The lowest BCUT2D eigenvalue weighted by molar-refractivity contribution is -0.139. The molecule has 8 nitrogen and oxygen atoms in total. The van der Waals surface area contributed by atoms with Crippen LogP contribution in [0.5, 0.6) is 5.75 Å². The molecule has 2 rings (SSSR count). The molecule has 0 saturated carbocycles. The summed E-state index contributed by atoms with van der Waals surface area (Å²) in [6.07, 6.45) is 0.521. The number of carboxylic acids is 1. The molecule has 1 heterocycles. The zero-order valence-electron chi connectivity index (χ0n) is 15.1. The first-order chi connectivity index (χ1) is 12.1. The zero-order chi connectivity index (χ0) is 19.5. The minimum absolute atomic E-state index is 0.0676. The Morgan fingerprint density at radius 1 is 1.35 bits per heavy atom. The average Bonchev–Trinajstić information content (AvgIpc) is 2.87. The number of nitrogens with one attached hydrogen (secondary N) is 1. The Morgan fingerprint density at radius 2 is 2.04 bits per heavy atom. The lowest BCUT2D eigenvalue weighted by atomic mass is 10.0. The Hall–Kier alpha value is -2.13. The first kappa shape index (κ1) is 20.2. The van der Waals surface area contributed by atoms with Crippen molar-refractivity contribution in [3.63, 3.8) is 0 Å². The fourth-order valence-corrected chi connectivity index (χ4v) is 4.78. The molecule has 144 valence electrons. The van der Waals surface area contributed by atoms with E-state index in [0.717, 1.165) is 0 Å². The molecular weight excluding hydrogens is 360 g/mol. The van der Waals surface area contributed by atoms with Crippen LogP contribution in [0, 0.1) is 12.8 Å². The van der Waals surface area contributed by atoms with Crippen molar-refractivity contribution in [2.24, 2.45) is 5.92 Å². The van der Waals surface area contributed by atoms with Crippen LogP contribution in [0.15, 0.2) is 18.2 Å². The summed E-state index contributed by atoms with van der Waals surface area (Å²) in [4.78, 5) is 23.3. The van der Waals surface area contributed by atoms with Crippen LogP contribution in [0.1, 0.15) is 25.8 Å². The number of carbonyl (C=O) groups is 2. The number of aryl methyl sites for hydroxylation is 1. The van der Waals surface area contributed by atoms with Crippen LogP contribution in [-0.4, -0.2) is 54.7 Å². The van der Waals surface area contributed by atoms with Gasteiger partial charge in [-0.3, -0.25) is 4.79 Å². The molecule has 1 saturated heterocycles. The summed E-state index contributed by atoms with van der Waals surface area (Å²) >= 11 is 0. The lowest BCUT2D eigenvalue weighted by Crippen LogP contribution is -2.48. The Balaban J connectivity index is 2.15. The van der Waals surface area contributed by atoms with Crippen LogP contribution in [0.25, 0.3) is 0 Å². The van der Waals surface area contributed by atoms with Crippen molar-refractivity contribution in [1.29, 1.82) is 0 Å². The van der Waals surface area contributed by atoms with E-state index in [1.165, 1.54) is 4.31 Å². The zero-order valence-corrected chi connectivity index (χ0v) is 15.9. The molecule has 1 aliphatic heterocycles. The van der Waals surface area contributed by atoms with Gasteiger partial charge in [-0.15, -0.1) is 0 Å². The minimum atomic E-state index is -3.40. The van der Waals surface area contributed by atoms with Gasteiger partial charge in [0.15, 0.2) is 6.61 Å². The summed E-state index contributed by atoms with van der Waals surface area (Å²) in [6, 6.07) is 4.02. The Morgan fingerprint density at radius 3 is 2.54 bits per heavy atom. The normalized spacial score (nSPS) is 17.8. The fourth-order valence-electron chi connectivity index (χ4n) is 2.96. The third-order valence-corrected chi connectivity index (χ3v) is 6.10. The van der Waals surface area contributed by atoms with Crippen molar-refractivity contribution in [3.8, 4) is 5.75 Å². The number of hydrogen-bond acceptors (Lipinski definition) is 5. The number of benzene rings is 1. The summed E-state index contributed by atoms with van der Waals surface area (Å²) in [5.41, 5.74) is 1.22. The van der Waals surface area contributed by atoms with E-state index in [1.54, 1.807) is 25.1 Å². The molecule has 0 radical (unpaired) electrons. The molecular formula is C17H24N2O6S. The Kier molecular flexibility index (Phi) is 6.25. The molecule has 1 fully saturated rings. The van der Waals surface area contributed by atoms with Gasteiger partial charge in [-0.05, 0) is 43.0 Å². The third-order valence-electron chi connectivity index (χ3n) is 4.17. The average molecular weight is 384 g/mol. The smallest absolute Gasteiger partial charge is 0.341 e. The summed E-state index contributed by atoms with van der Waals surface area (Å²) in [7, 11) is -3.40. The van der Waals surface area contributed by atoms with E-state index in [-0.39, 0.29) is 17.6 Å². The first-order valence-electron chi connectivity index (χ1n) is 8.37. The molecule has 9 heteroatoms. The second-order valence-electron chi connectivity index (χ2n) is 6.62. The molecule has 1 unspecified atom stereocenters. The van der Waals surface area contributed by atoms with Gasteiger partial charge in [0, 0.05) is 12.2 Å². The quantitative estimate of drug-likeness (QED) is 0.736. The highest BCUT2D eigenvalue weighted by molar-refractivity contribution is 7.89. The van der Waals surface area contributed by atoms with Crippen LogP contribution in [0.4, 0.5) is 5.69 Å². The minimum Gasteiger partial charge on any atom is -0.482 e. The third kappa shape index (κ3) is 4.73. The Bertz CT molecular complexity index is 790. The number of aliphatic carboxylic acids is 1. The monoisotopic (exact) mass is 384 g/mol. The van der Waals surface area contributed by atoms with Gasteiger partial charge in [-0.1, -0.05) is 13.8 Å². The van der Waals surface area contributed by atoms with E-state index in [4.69, 9.17) is 9.84 Å². The van der Waals surface area contributed by atoms with Crippen LogP contribution in [-0.2, 0) is 19.6 Å². The second kappa shape index (κ2) is 8.05. The van der Waals surface area contributed by atoms with Gasteiger partial charge in [0.2, 0.25) is 15.9 Å². The molecule has 1 aliphatic rings. The summed E-state index contributed by atoms with van der Waals surface area (Å²) in [5.74, 6) is -1.19. The van der Waals surface area contributed by atoms with Gasteiger partial charge in [-0.2, -0.15) is 4.31 Å². The van der Waals surface area contributed by atoms with E-state index in [0.29, 0.717) is 30.0 Å². The largest absolute Gasteiger partial charge is 0.482 e. The molecule has 26 heavy (non-hydrogen) atoms. The van der Waals surface area contributed by atoms with Crippen LogP contribution in [0.3, 0.4) is 0 Å². The van der Waals surface area contributed by atoms with Crippen molar-refractivity contribution >= 4 is 27.6 Å². The number of rotatable bonds is 7. The number of hydrogen-bond donors (Lipinski definition) is 2. The van der Waals surface area contributed by atoms with Crippen molar-refractivity contribution in [2.45, 2.75) is 33.2 Å². The highest BCUT2D eigenvalue weighted by Crippen LogP contribution is 2.25. The van der Waals surface area contributed by atoms with Gasteiger partial charge < -0.3 is 15.2 Å². The van der Waals surface area contributed by atoms with Gasteiger partial charge in [0.25, 0.3) is 0 Å². The van der Waals surface area contributed by atoms with Crippen molar-refractivity contribution < 1.29 is 27.9 Å². The molecule has 1 aromatic rings. The number of nitrogens with zero attached hydrogens (tertiary/aromatic N) is 1. The maximum absolute atomic E-state index is 12.8.